The minimum atomic E-state index is -4.44. The number of hydrogen-bond acceptors (Lipinski definition) is 6. The molecule has 0 amide bonds. The molecule has 1 N–H and O–H groups in total. The summed E-state index contributed by atoms with van der Waals surface area (Å²) in [4.78, 5) is 32.7. The normalized spacial score (nSPS) is 12.6. The van der Waals surface area contributed by atoms with Crippen molar-refractivity contribution >= 4 is 19.3 Å². The third-order valence-corrected chi connectivity index (χ3v) is 4.98. The van der Waals surface area contributed by atoms with Crippen LogP contribution >= 0.6 is 7.82 Å². The van der Waals surface area contributed by atoms with Crippen LogP contribution < -0.4 is 9.05 Å². The molecule has 1 atom stereocenters. The number of nitro benzene ring substituents is 1. The van der Waals surface area contributed by atoms with E-state index in [2.05, 4.69) is 0 Å². The van der Waals surface area contributed by atoms with Crippen LogP contribution in [-0.4, -0.2) is 15.6 Å². The van der Waals surface area contributed by atoms with Gasteiger partial charge in [0, 0.05) is 23.3 Å². The summed E-state index contributed by atoms with van der Waals surface area (Å²) in [7, 11) is -4.44. The third kappa shape index (κ3) is 5.31. The molecule has 0 aliphatic heterocycles. The molecule has 0 bridgehead atoms. The van der Waals surface area contributed by atoms with E-state index in [1.165, 1.54) is 48.5 Å². The number of carbonyl (C=O) groups excluding carboxylic acids is 1. The van der Waals surface area contributed by atoms with Crippen molar-refractivity contribution in [3.8, 4) is 11.5 Å². The van der Waals surface area contributed by atoms with Gasteiger partial charge >= 0.3 is 7.82 Å². The highest BCUT2D eigenvalue weighted by molar-refractivity contribution is 7.48. The largest absolute Gasteiger partial charge is 0.584 e. The number of nitrogens with zero attached hydrogens (tertiary/aromatic N) is 1. The maximum atomic E-state index is 12.5. The van der Waals surface area contributed by atoms with Gasteiger partial charge in [-0.05, 0) is 73.5 Å². The molecule has 0 fully saturated rings. The van der Waals surface area contributed by atoms with Gasteiger partial charge in [-0.2, -0.15) is 0 Å². The van der Waals surface area contributed by atoms with Crippen molar-refractivity contribution in [2.45, 2.75) is 13.8 Å². The lowest BCUT2D eigenvalue weighted by atomic mass is 10.0. The molecular weight excluding hydrogens is 409 g/mol. The zero-order valence-corrected chi connectivity index (χ0v) is 17.0. The van der Waals surface area contributed by atoms with Gasteiger partial charge in [-0.3, -0.25) is 19.8 Å². The molecule has 0 aliphatic carbocycles. The van der Waals surface area contributed by atoms with Crippen LogP contribution in [0.3, 0.4) is 0 Å². The van der Waals surface area contributed by atoms with E-state index in [0.29, 0.717) is 5.56 Å². The number of ketones is 1. The van der Waals surface area contributed by atoms with Gasteiger partial charge < -0.3 is 9.05 Å². The van der Waals surface area contributed by atoms with E-state index in [-0.39, 0.29) is 28.5 Å². The second kappa shape index (κ2) is 8.49. The van der Waals surface area contributed by atoms with E-state index >= 15 is 0 Å². The summed E-state index contributed by atoms with van der Waals surface area (Å²) >= 11 is 0. The quantitative estimate of drug-likeness (QED) is 0.244. The minimum absolute atomic E-state index is 0.0467. The van der Waals surface area contributed by atoms with E-state index in [0.717, 1.165) is 11.1 Å². The molecule has 0 saturated carbocycles. The predicted molar refractivity (Wildman–Crippen MR) is 110 cm³/mol. The molecule has 0 spiro atoms. The van der Waals surface area contributed by atoms with Crippen molar-refractivity contribution < 1.29 is 28.2 Å². The Bertz CT molecular complexity index is 1120. The van der Waals surface area contributed by atoms with E-state index < -0.39 is 12.7 Å². The Kier molecular flexibility index (Phi) is 6.01. The molecule has 0 saturated heterocycles. The van der Waals surface area contributed by atoms with Crippen molar-refractivity contribution in [1.82, 2.24) is 0 Å². The highest BCUT2D eigenvalue weighted by atomic mass is 31.2. The molecule has 1 unspecified atom stereocenters. The molecule has 154 valence electrons. The maximum absolute atomic E-state index is 12.5. The lowest BCUT2D eigenvalue weighted by Gasteiger charge is -2.15. The van der Waals surface area contributed by atoms with Crippen LogP contribution in [0, 0.1) is 24.0 Å². The van der Waals surface area contributed by atoms with Gasteiger partial charge in [0.1, 0.15) is 11.5 Å². The SMILES string of the molecule is Cc1cc(C)cc(OP(=O)(O)Oc2ccc(C(=O)c3ccc([N+](=O)[O-])cc3)cc2)c1. The summed E-state index contributed by atoms with van der Waals surface area (Å²) in [5.74, 6) is -0.0936. The first kappa shape index (κ1) is 21.2. The molecule has 0 heterocycles. The molecule has 9 heteroatoms. The fraction of sp³-hybridized carbons (Fsp3) is 0.0952. The predicted octanol–water partition coefficient (Wildman–Crippen LogP) is 5.00. The smallest absolute Gasteiger partial charge is 0.395 e. The minimum Gasteiger partial charge on any atom is -0.395 e. The molecule has 0 aromatic heterocycles. The van der Waals surface area contributed by atoms with Crippen molar-refractivity contribution in [1.29, 1.82) is 0 Å². The fourth-order valence-corrected chi connectivity index (χ4v) is 3.64. The second-order valence-electron chi connectivity index (χ2n) is 6.63. The Labute approximate surface area is 172 Å². The number of carbonyl (C=O) groups is 1. The summed E-state index contributed by atoms with van der Waals surface area (Å²) in [6, 6.07) is 15.9. The standard InChI is InChI=1S/C21H18NO7P/c1-14-11-15(2)13-20(12-14)29-30(26,27)28-19-9-5-17(6-10-19)21(23)16-3-7-18(8-4-16)22(24)25/h3-13H,1-2H3,(H,26,27). The summed E-state index contributed by atoms with van der Waals surface area (Å²) < 4.78 is 22.5. The van der Waals surface area contributed by atoms with Crippen molar-refractivity contribution in [2.75, 3.05) is 0 Å². The number of aryl methyl sites for hydroxylation is 2. The molecule has 3 rings (SSSR count). The zero-order chi connectivity index (χ0) is 21.9. The third-order valence-electron chi connectivity index (χ3n) is 4.09. The summed E-state index contributed by atoms with van der Waals surface area (Å²) in [5, 5.41) is 10.7. The average molecular weight is 427 g/mol. The van der Waals surface area contributed by atoms with Gasteiger partial charge in [0.2, 0.25) is 0 Å². The van der Waals surface area contributed by atoms with E-state index in [4.69, 9.17) is 9.05 Å². The molecule has 8 nitrogen and oxygen atoms in total. The van der Waals surface area contributed by atoms with Crippen LogP contribution in [0.1, 0.15) is 27.0 Å². The van der Waals surface area contributed by atoms with Crippen LogP contribution in [0.15, 0.2) is 66.7 Å². The first-order valence-electron chi connectivity index (χ1n) is 8.82. The van der Waals surface area contributed by atoms with E-state index in [9.17, 15) is 24.4 Å². The Morgan fingerprint density at radius 2 is 1.33 bits per heavy atom. The van der Waals surface area contributed by atoms with E-state index in [1.807, 2.05) is 19.9 Å². The lowest BCUT2D eigenvalue weighted by molar-refractivity contribution is -0.384. The summed E-state index contributed by atoms with van der Waals surface area (Å²) in [6.45, 7) is 3.67. The van der Waals surface area contributed by atoms with Gasteiger partial charge in [-0.25, -0.2) is 4.57 Å². The Hall–Kier alpha value is -3.48. The number of phosphoric ester groups is 1. The second-order valence-corrected chi connectivity index (χ2v) is 7.93. The van der Waals surface area contributed by atoms with Crippen LogP contribution in [-0.2, 0) is 4.57 Å². The van der Waals surface area contributed by atoms with Gasteiger partial charge in [0.05, 0.1) is 4.92 Å². The monoisotopic (exact) mass is 427 g/mol. The van der Waals surface area contributed by atoms with Crippen LogP contribution in [0.5, 0.6) is 11.5 Å². The fourth-order valence-electron chi connectivity index (χ4n) is 2.84. The van der Waals surface area contributed by atoms with Crippen LogP contribution in [0.25, 0.3) is 0 Å². The number of nitro groups is 1. The molecule has 3 aromatic carbocycles. The molecular formula is C21H18NO7P. The van der Waals surface area contributed by atoms with Crippen molar-refractivity contribution in [3.05, 3.63) is 99.1 Å². The van der Waals surface area contributed by atoms with Gasteiger partial charge in [0.25, 0.3) is 5.69 Å². The summed E-state index contributed by atoms with van der Waals surface area (Å²) in [5.41, 5.74) is 2.20. The maximum Gasteiger partial charge on any atom is 0.584 e. The van der Waals surface area contributed by atoms with Gasteiger partial charge in [0.15, 0.2) is 5.78 Å². The Morgan fingerprint density at radius 3 is 1.83 bits per heavy atom. The first-order valence-corrected chi connectivity index (χ1v) is 10.3. The molecule has 3 aromatic rings. The highest BCUT2D eigenvalue weighted by Gasteiger charge is 2.25. The van der Waals surface area contributed by atoms with E-state index in [1.54, 1.807) is 12.1 Å². The van der Waals surface area contributed by atoms with Crippen molar-refractivity contribution in [3.63, 3.8) is 0 Å². The van der Waals surface area contributed by atoms with Gasteiger partial charge in [-0.1, -0.05) is 6.07 Å². The van der Waals surface area contributed by atoms with Gasteiger partial charge in [-0.15, -0.1) is 0 Å². The molecule has 0 aliphatic rings. The Morgan fingerprint density at radius 1 is 0.867 bits per heavy atom. The number of hydrogen-bond donors (Lipinski definition) is 1. The number of rotatable bonds is 7. The zero-order valence-electron chi connectivity index (χ0n) is 16.1. The molecule has 0 radical (unpaired) electrons. The number of non-ortho nitro benzene ring substituents is 1. The van der Waals surface area contributed by atoms with Crippen LogP contribution in [0.4, 0.5) is 5.69 Å². The average Bonchev–Trinajstić information content (AvgIpc) is 2.66. The lowest BCUT2D eigenvalue weighted by Crippen LogP contribution is -2.03. The summed E-state index contributed by atoms with van der Waals surface area (Å²) in [6.07, 6.45) is 0. The number of benzene rings is 3. The first-order chi connectivity index (χ1) is 14.1. The van der Waals surface area contributed by atoms with Crippen LogP contribution in [0.2, 0.25) is 0 Å². The molecule has 30 heavy (non-hydrogen) atoms. The number of phosphoric acid groups is 1. The highest BCUT2D eigenvalue weighted by Crippen LogP contribution is 2.44. The Balaban J connectivity index is 1.70. The van der Waals surface area contributed by atoms with Crippen molar-refractivity contribution in [2.24, 2.45) is 0 Å². The topological polar surface area (TPSA) is 116 Å².